The summed E-state index contributed by atoms with van der Waals surface area (Å²) in [6, 6.07) is 10.4. The van der Waals surface area contributed by atoms with Crippen LogP contribution in [0.5, 0.6) is 0 Å². The van der Waals surface area contributed by atoms with E-state index >= 15 is 0 Å². The van der Waals surface area contributed by atoms with Crippen LogP contribution in [0.1, 0.15) is 32.3 Å². The molecule has 5 nitrogen and oxygen atoms in total. The number of nitrogens with zero attached hydrogens (tertiary/aromatic N) is 5. The third-order valence-electron chi connectivity index (χ3n) is 6.13. The summed E-state index contributed by atoms with van der Waals surface area (Å²) in [7, 11) is 1.85. The van der Waals surface area contributed by atoms with E-state index < -0.39 is 0 Å². The molecule has 1 fully saturated rings. The van der Waals surface area contributed by atoms with Gasteiger partial charge in [0.2, 0.25) is 0 Å². The molecule has 2 aromatic carbocycles. The molecule has 31 heavy (non-hydrogen) atoms. The molecule has 0 aliphatic heterocycles. The lowest BCUT2D eigenvalue weighted by Gasteiger charge is -2.21. The first-order valence-corrected chi connectivity index (χ1v) is 10.6. The van der Waals surface area contributed by atoms with Gasteiger partial charge in [-0.2, -0.15) is 4.98 Å². The number of hydrogen-bond acceptors (Lipinski definition) is 4. The molecule has 0 saturated heterocycles. The van der Waals surface area contributed by atoms with Crippen molar-refractivity contribution >= 4 is 39.8 Å². The lowest BCUT2D eigenvalue weighted by molar-refractivity contribution is 0.464. The average Bonchev–Trinajstić information content (AvgIpc) is 3.39. The summed E-state index contributed by atoms with van der Waals surface area (Å²) in [6.45, 7) is 4.38. The first-order chi connectivity index (χ1) is 14.9. The Morgan fingerprint density at radius 2 is 2.00 bits per heavy atom. The zero-order valence-corrected chi connectivity index (χ0v) is 18.3. The van der Waals surface area contributed by atoms with E-state index in [9.17, 15) is 4.39 Å². The maximum atomic E-state index is 14.5. The zero-order valence-electron chi connectivity index (χ0n) is 17.5. The first kappa shape index (κ1) is 19.8. The van der Waals surface area contributed by atoms with E-state index in [1.165, 1.54) is 12.1 Å². The predicted octanol–water partition coefficient (Wildman–Crippen LogP) is 5.63. The van der Waals surface area contributed by atoms with Gasteiger partial charge >= 0.3 is 0 Å². The monoisotopic (exact) mass is 433 g/mol. The molecule has 1 aliphatic carbocycles. The molecule has 0 spiro atoms. The molecule has 0 N–H and O–H groups in total. The smallest absolute Gasteiger partial charge is 0.257 e. The molecule has 0 unspecified atom stereocenters. The highest BCUT2D eigenvalue weighted by atomic mass is 35.5. The van der Waals surface area contributed by atoms with Crippen LogP contribution >= 0.6 is 11.6 Å². The quantitative estimate of drug-likeness (QED) is 0.393. The van der Waals surface area contributed by atoms with Crippen molar-refractivity contribution in [3.63, 3.8) is 0 Å². The van der Waals surface area contributed by atoms with Crippen LogP contribution < -0.4 is 4.90 Å². The molecule has 7 heteroatoms. The molecule has 156 valence electrons. The van der Waals surface area contributed by atoms with Gasteiger partial charge in [0.05, 0.1) is 5.52 Å². The van der Waals surface area contributed by atoms with Crippen LogP contribution in [0.15, 0.2) is 42.7 Å². The van der Waals surface area contributed by atoms with Crippen molar-refractivity contribution in [2.24, 2.45) is 11.3 Å². The molecular formula is C24H21ClFN5. The lowest BCUT2D eigenvalue weighted by atomic mass is 9.93. The molecule has 0 amide bonds. The van der Waals surface area contributed by atoms with E-state index in [-0.39, 0.29) is 11.2 Å². The SMILES string of the molecule is CC(C)C1(C#Cc2cc(F)cc(N(C)c3nc4nncn4c4cc(Cl)ccc34)c2)CC1. The summed E-state index contributed by atoms with van der Waals surface area (Å²) >= 11 is 6.22. The Morgan fingerprint density at radius 1 is 1.19 bits per heavy atom. The second-order valence-corrected chi connectivity index (χ2v) is 8.85. The molecule has 1 saturated carbocycles. The Morgan fingerprint density at radius 3 is 2.74 bits per heavy atom. The van der Waals surface area contributed by atoms with Crippen LogP contribution in [-0.2, 0) is 0 Å². The molecule has 0 atom stereocenters. The van der Waals surface area contributed by atoms with Gasteiger partial charge in [0.25, 0.3) is 5.78 Å². The average molecular weight is 434 g/mol. The summed E-state index contributed by atoms with van der Waals surface area (Å²) in [5, 5.41) is 9.50. The Balaban J connectivity index is 1.61. The van der Waals surface area contributed by atoms with Crippen molar-refractivity contribution in [1.29, 1.82) is 0 Å². The van der Waals surface area contributed by atoms with Crippen molar-refractivity contribution in [1.82, 2.24) is 19.6 Å². The van der Waals surface area contributed by atoms with Crippen LogP contribution in [0.4, 0.5) is 15.9 Å². The van der Waals surface area contributed by atoms with Gasteiger partial charge < -0.3 is 4.90 Å². The molecule has 0 bridgehead atoms. The van der Waals surface area contributed by atoms with Gasteiger partial charge in [-0.3, -0.25) is 4.40 Å². The minimum Gasteiger partial charge on any atom is -0.329 e. The van der Waals surface area contributed by atoms with Gasteiger partial charge in [0.15, 0.2) is 0 Å². The van der Waals surface area contributed by atoms with Gasteiger partial charge in [-0.1, -0.05) is 37.3 Å². The molecule has 1 aliphatic rings. The van der Waals surface area contributed by atoms with Crippen molar-refractivity contribution < 1.29 is 4.39 Å². The second kappa shape index (κ2) is 7.21. The van der Waals surface area contributed by atoms with Gasteiger partial charge in [0, 0.05) is 34.1 Å². The number of fused-ring (bicyclic) bond motifs is 3. The molecule has 2 aromatic heterocycles. The summed E-state index contributed by atoms with van der Waals surface area (Å²) < 4.78 is 16.3. The van der Waals surface area contributed by atoms with E-state index in [1.54, 1.807) is 10.7 Å². The summed E-state index contributed by atoms with van der Waals surface area (Å²) in [6.07, 6.45) is 3.82. The van der Waals surface area contributed by atoms with Gasteiger partial charge in [-0.25, -0.2) is 4.39 Å². The van der Waals surface area contributed by atoms with E-state index in [0.717, 1.165) is 23.7 Å². The normalized spacial score (nSPS) is 14.6. The highest BCUT2D eigenvalue weighted by Gasteiger charge is 2.43. The molecule has 4 aromatic rings. The number of anilines is 2. The van der Waals surface area contributed by atoms with Gasteiger partial charge in [-0.05, 0) is 55.2 Å². The lowest BCUT2D eigenvalue weighted by Crippen LogP contribution is -2.13. The summed E-state index contributed by atoms with van der Waals surface area (Å²) in [5.41, 5.74) is 2.22. The maximum absolute atomic E-state index is 14.5. The van der Waals surface area contributed by atoms with Crippen molar-refractivity contribution in [3.05, 3.63) is 59.1 Å². The minimum atomic E-state index is -0.334. The standard InChI is InChI=1S/C24H21ClFN5/c1-15(2)24(8-9-24)7-6-16-10-18(26)13-19(11-16)30(3)22-20-5-4-17(25)12-21(20)31-14-27-29-23(31)28-22/h4-5,10-15H,8-9H2,1-3H3. The van der Waals surface area contributed by atoms with Crippen LogP contribution in [-0.4, -0.2) is 26.6 Å². The highest BCUT2D eigenvalue weighted by molar-refractivity contribution is 6.31. The maximum Gasteiger partial charge on any atom is 0.257 e. The molecule has 0 radical (unpaired) electrons. The Hall–Kier alpha value is -3.17. The zero-order chi connectivity index (χ0) is 21.8. The molecule has 5 rings (SSSR count). The number of halogens is 2. The van der Waals surface area contributed by atoms with Crippen molar-refractivity contribution in [2.45, 2.75) is 26.7 Å². The van der Waals surface area contributed by atoms with Crippen molar-refractivity contribution in [2.75, 3.05) is 11.9 Å². The second-order valence-electron chi connectivity index (χ2n) is 8.42. The van der Waals surface area contributed by atoms with E-state index in [0.29, 0.717) is 33.8 Å². The van der Waals surface area contributed by atoms with Gasteiger partial charge in [-0.15, -0.1) is 10.2 Å². The summed E-state index contributed by atoms with van der Waals surface area (Å²) in [5.74, 6) is 7.83. The van der Waals surface area contributed by atoms with Crippen LogP contribution in [0, 0.1) is 29.0 Å². The molecular weight excluding hydrogens is 413 g/mol. The van der Waals surface area contributed by atoms with Crippen LogP contribution in [0.25, 0.3) is 16.7 Å². The largest absolute Gasteiger partial charge is 0.329 e. The fraction of sp³-hybridized carbons (Fsp3) is 0.292. The predicted molar refractivity (Wildman–Crippen MR) is 121 cm³/mol. The first-order valence-electron chi connectivity index (χ1n) is 10.2. The summed E-state index contributed by atoms with van der Waals surface area (Å²) in [4.78, 5) is 6.50. The van der Waals surface area contributed by atoms with Gasteiger partial charge in [0.1, 0.15) is 18.0 Å². The van der Waals surface area contributed by atoms with Crippen molar-refractivity contribution in [3.8, 4) is 11.8 Å². The fourth-order valence-electron chi connectivity index (χ4n) is 3.92. The Bertz CT molecular complexity index is 1380. The number of benzene rings is 2. The topological polar surface area (TPSA) is 46.3 Å². The van der Waals surface area contributed by atoms with Crippen LogP contribution in [0.2, 0.25) is 5.02 Å². The number of hydrogen-bond donors (Lipinski definition) is 0. The number of rotatable bonds is 3. The Labute approximate surface area is 184 Å². The Kier molecular flexibility index (Phi) is 4.60. The van der Waals surface area contributed by atoms with E-state index in [2.05, 4.69) is 40.9 Å². The third-order valence-corrected chi connectivity index (χ3v) is 6.37. The molecule has 2 heterocycles. The minimum absolute atomic E-state index is 0.0775. The van der Waals surface area contributed by atoms with E-state index in [1.807, 2.05) is 36.2 Å². The van der Waals surface area contributed by atoms with Crippen LogP contribution in [0.3, 0.4) is 0 Å². The fourth-order valence-corrected chi connectivity index (χ4v) is 4.09. The van der Waals surface area contributed by atoms with E-state index in [4.69, 9.17) is 11.6 Å². The number of aromatic nitrogens is 4. The third kappa shape index (κ3) is 3.49. The highest BCUT2D eigenvalue weighted by Crippen LogP contribution is 2.51.